The van der Waals surface area contributed by atoms with E-state index in [0.29, 0.717) is 5.16 Å². The van der Waals surface area contributed by atoms with E-state index in [1.54, 1.807) is 4.68 Å². The van der Waals surface area contributed by atoms with E-state index >= 15 is 0 Å². The van der Waals surface area contributed by atoms with Crippen LogP contribution in [0.25, 0.3) is 16.8 Å². The molecule has 4 aromatic rings. The second kappa shape index (κ2) is 8.70. The molecule has 29 heavy (non-hydrogen) atoms. The fourth-order valence-corrected chi connectivity index (χ4v) is 3.66. The van der Waals surface area contributed by atoms with E-state index in [0.717, 1.165) is 28.1 Å². The van der Waals surface area contributed by atoms with Crippen molar-refractivity contribution in [1.29, 1.82) is 0 Å². The van der Waals surface area contributed by atoms with Crippen LogP contribution in [0.1, 0.15) is 5.56 Å². The maximum absolute atomic E-state index is 12.6. The van der Waals surface area contributed by atoms with E-state index in [2.05, 4.69) is 20.8 Å². The Balaban J connectivity index is 1.46. The number of aromatic nitrogens is 4. The summed E-state index contributed by atoms with van der Waals surface area (Å²) in [6.07, 6.45) is 0. The predicted molar refractivity (Wildman–Crippen MR) is 115 cm³/mol. The van der Waals surface area contributed by atoms with Crippen molar-refractivity contribution in [3.63, 3.8) is 0 Å². The Labute approximate surface area is 173 Å². The van der Waals surface area contributed by atoms with Gasteiger partial charge in [0.1, 0.15) is 0 Å². The number of nitrogens with one attached hydrogen (secondary N) is 1. The number of thioether (sulfide) groups is 1. The molecule has 0 atom stereocenters. The van der Waals surface area contributed by atoms with Crippen LogP contribution >= 0.6 is 11.8 Å². The minimum Gasteiger partial charge on any atom is -0.325 e. The molecule has 0 saturated carbocycles. The fourth-order valence-electron chi connectivity index (χ4n) is 2.97. The van der Waals surface area contributed by atoms with Crippen molar-refractivity contribution in [3.8, 4) is 16.8 Å². The molecule has 0 spiro atoms. The molecular weight excluding hydrogens is 382 g/mol. The number of amides is 1. The van der Waals surface area contributed by atoms with Crippen LogP contribution in [0.3, 0.4) is 0 Å². The first kappa shape index (κ1) is 18.9. The van der Waals surface area contributed by atoms with Crippen LogP contribution in [0.15, 0.2) is 84.0 Å². The van der Waals surface area contributed by atoms with Crippen molar-refractivity contribution >= 4 is 23.4 Å². The van der Waals surface area contributed by atoms with E-state index in [4.69, 9.17) is 0 Å². The Hall–Kier alpha value is -3.45. The average molecular weight is 401 g/mol. The van der Waals surface area contributed by atoms with Gasteiger partial charge in [-0.25, -0.2) is 0 Å². The second-order valence-corrected chi connectivity index (χ2v) is 7.40. The van der Waals surface area contributed by atoms with Crippen LogP contribution in [0.4, 0.5) is 5.69 Å². The number of benzene rings is 3. The summed E-state index contributed by atoms with van der Waals surface area (Å²) in [4.78, 5) is 12.6. The van der Waals surface area contributed by atoms with E-state index in [1.807, 2.05) is 85.8 Å². The number of rotatable bonds is 6. The van der Waals surface area contributed by atoms with Crippen molar-refractivity contribution in [2.45, 2.75) is 12.1 Å². The number of para-hydroxylation sites is 1. The lowest BCUT2D eigenvalue weighted by atomic mass is 10.0. The van der Waals surface area contributed by atoms with Gasteiger partial charge in [0.2, 0.25) is 11.1 Å². The molecule has 0 aliphatic heterocycles. The van der Waals surface area contributed by atoms with Crippen LogP contribution in [0.5, 0.6) is 0 Å². The van der Waals surface area contributed by atoms with Gasteiger partial charge >= 0.3 is 0 Å². The van der Waals surface area contributed by atoms with Crippen molar-refractivity contribution in [2.24, 2.45) is 0 Å². The molecule has 1 amide bonds. The van der Waals surface area contributed by atoms with Crippen molar-refractivity contribution in [2.75, 3.05) is 11.1 Å². The van der Waals surface area contributed by atoms with Crippen LogP contribution in [-0.2, 0) is 4.79 Å². The van der Waals surface area contributed by atoms with Crippen LogP contribution in [-0.4, -0.2) is 31.9 Å². The lowest BCUT2D eigenvalue weighted by molar-refractivity contribution is -0.113. The highest BCUT2D eigenvalue weighted by molar-refractivity contribution is 7.99. The summed E-state index contributed by atoms with van der Waals surface area (Å²) in [5, 5.41) is 15.4. The zero-order valence-corrected chi connectivity index (χ0v) is 16.6. The molecule has 1 aromatic heterocycles. The molecule has 1 heterocycles. The molecule has 0 aliphatic rings. The summed E-state index contributed by atoms with van der Waals surface area (Å²) in [6, 6.07) is 25.6. The molecule has 4 rings (SSSR count). The number of tetrazole rings is 1. The molecule has 144 valence electrons. The highest BCUT2D eigenvalue weighted by Gasteiger charge is 2.13. The van der Waals surface area contributed by atoms with E-state index in [-0.39, 0.29) is 11.7 Å². The summed E-state index contributed by atoms with van der Waals surface area (Å²) in [5.74, 6) is 0.0900. The quantitative estimate of drug-likeness (QED) is 0.486. The molecule has 3 aromatic carbocycles. The number of hydrogen-bond donors (Lipinski definition) is 1. The molecule has 0 radical (unpaired) electrons. The maximum Gasteiger partial charge on any atom is 0.234 e. The summed E-state index contributed by atoms with van der Waals surface area (Å²) in [6.45, 7) is 2.01. The van der Waals surface area contributed by atoms with Gasteiger partial charge in [-0.05, 0) is 46.7 Å². The number of carbonyl (C=O) groups is 1. The predicted octanol–water partition coefficient (Wildman–Crippen LogP) is 4.37. The van der Waals surface area contributed by atoms with E-state index < -0.39 is 0 Å². The molecule has 0 saturated heterocycles. The molecule has 0 fully saturated rings. The molecular formula is C22H19N5OS. The first-order valence-electron chi connectivity index (χ1n) is 9.13. The third-order valence-corrected chi connectivity index (χ3v) is 5.22. The first-order valence-corrected chi connectivity index (χ1v) is 10.1. The van der Waals surface area contributed by atoms with Gasteiger partial charge in [-0.3, -0.25) is 4.79 Å². The second-order valence-electron chi connectivity index (χ2n) is 6.46. The third-order valence-electron chi connectivity index (χ3n) is 4.31. The minimum absolute atomic E-state index is 0.114. The van der Waals surface area contributed by atoms with Crippen LogP contribution in [0, 0.1) is 6.92 Å². The Bertz CT molecular complexity index is 1130. The zero-order chi connectivity index (χ0) is 20.1. The van der Waals surface area contributed by atoms with Crippen molar-refractivity contribution < 1.29 is 4.79 Å². The molecule has 7 heteroatoms. The van der Waals surface area contributed by atoms with Gasteiger partial charge in [0.25, 0.3) is 0 Å². The van der Waals surface area contributed by atoms with E-state index in [1.165, 1.54) is 11.8 Å². The number of hydrogen-bond acceptors (Lipinski definition) is 5. The largest absolute Gasteiger partial charge is 0.325 e. The zero-order valence-electron chi connectivity index (χ0n) is 15.8. The SMILES string of the molecule is Cc1cccc(-n2nnnc2SCC(=O)Nc2ccccc2-c2ccccc2)c1. The average Bonchev–Trinajstić information content (AvgIpc) is 3.22. The molecule has 0 bridgehead atoms. The Morgan fingerprint density at radius 3 is 2.62 bits per heavy atom. The van der Waals surface area contributed by atoms with Gasteiger partial charge in [0.15, 0.2) is 0 Å². The van der Waals surface area contributed by atoms with Crippen LogP contribution < -0.4 is 5.32 Å². The van der Waals surface area contributed by atoms with Gasteiger partial charge in [-0.15, -0.1) is 5.10 Å². The number of carbonyl (C=O) groups excluding carboxylic acids is 1. The topological polar surface area (TPSA) is 72.7 Å². The first-order chi connectivity index (χ1) is 14.2. The number of aryl methyl sites for hydroxylation is 1. The highest BCUT2D eigenvalue weighted by atomic mass is 32.2. The van der Waals surface area contributed by atoms with Crippen molar-refractivity contribution in [1.82, 2.24) is 20.2 Å². The Morgan fingerprint density at radius 2 is 1.79 bits per heavy atom. The highest BCUT2D eigenvalue weighted by Crippen LogP contribution is 2.28. The summed E-state index contributed by atoms with van der Waals surface area (Å²) >= 11 is 1.30. The van der Waals surface area contributed by atoms with E-state index in [9.17, 15) is 4.79 Å². The number of anilines is 1. The Kier molecular flexibility index (Phi) is 5.67. The molecule has 1 N–H and O–H groups in total. The lowest BCUT2D eigenvalue weighted by Crippen LogP contribution is -2.15. The Morgan fingerprint density at radius 1 is 1.00 bits per heavy atom. The fraction of sp³-hybridized carbons (Fsp3) is 0.0909. The standard InChI is InChI=1S/C22H19N5OS/c1-16-8-7-11-18(14-16)27-22(24-25-26-27)29-15-21(28)23-20-13-6-5-12-19(20)17-9-3-2-4-10-17/h2-14H,15H2,1H3,(H,23,28). The number of nitrogens with zero attached hydrogens (tertiary/aromatic N) is 4. The van der Waals surface area contributed by atoms with Gasteiger partial charge in [-0.1, -0.05) is 72.4 Å². The van der Waals surface area contributed by atoms with Gasteiger partial charge in [-0.2, -0.15) is 4.68 Å². The normalized spacial score (nSPS) is 10.7. The van der Waals surface area contributed by atoms with Crippen molar-refractivity contribution in [3.05, 3.63) is 84.4 Å². The van der Waals surface area contributed by atoms with Gasteiger partial charge in [0, 0.05) is 11.3 Å². The smallest absolute Gasteiger partial charge is 0.234 e. The monoisotopic (exact) mass is 401 g/mol. The summed E-state index contributed by atoms with van der Waals surface area (Å²) in [5.41, 5.74) is 4.80. The molecule has 6 nitrogen and oxygen atoms in total. The minimum atomic E-state index is -0.114. The molecule has 0 aliphatic carbocycles. The summed E-state index contributed by atoms with van der Waals surface area (Å²) in [7, 11) is 0. The maximum atomic E-state index is 12.6. The van der Waals surface area contributed by atoms with Crippen LogP contribution in [0.2, 0.25) is 0 Å². The summed E-state index contributed by atoms with van der Waals surface area (Å²) < 4.78 is 1.64. The van der Waals surface area contributed by atoms with Gasteiger partial charge < -0.3 is 5.32 Å². The third kappa shape index (κ3) is 4.52. The van der Waals surface area contributed by atoms with Gasteiger partial charge in [0.05, 0.1) is 11.4 Å². The lowest BCUT2D eigenvalue weighted by Gasteiger charge is -2.11. The molecule has 0 unspecified atom stereocenters.